The molecule has 3 aromatic carbocycles. The fourth-order valence-electron chi connectivity index (χ4n) is 4.31. The Morgan fingerprint density at radius 3 is 2.67 bits per heavy atom. The van der Waals surface area contributed by atoms with Crippen LogP contribution in [0, 0.1) is 0 Å². The van der Waals surface area contributed by atoms with Gasteiger partial charge in [-0.3, -0.25) is 9.10 Å². The first-order chi connectivity index (χ1) is 17.4. The van der Waals surface area contributed by atoms with E-state index >= 15 is 0 Å². The summed E-state index contributed by atoms with van der Waals surface area (Å²) in [6.07, 6.45) is 2.43. The van der Waals surface area contributed by atoms with E-state index in [2.05, 4.69) is 11.6 Å². The number of benzene rings is 3. The third kappa shape index (κ3) is 4.36. The molecule has 0 radical (unpaired) electrons. The molecule has 7 nitrogen and oxygen atoms in total. The molecule has 0 saturated carbocycles. The lowest BCUT2D eigenvalue weighted by molar-refractivity contribution is 0.0997. The second kappa shape index (κ2) is 9.75. The van der Waals surface area contributed by atoms with Crippen LogP contribution in [0.15, 0.2) is 89.3 Å². The Morgan fingerprint density at radius 2 is 1.92 bits per heavy atom. The van der Waals surface area contributed by atoms with E-state index in [4.69, 9.17) is 4.74 Å². The minimum absolute atomic E-state index is 0.141. The van der Waals surface area contributed by atoms with E-state index < -0.39 is 15.9 Å². The number of carbonyl (C=O) groups is 1. The highest BCUT2D eigenvalue weighted by atomic mass is 32.2. The highest BCUT2D eigenvalue weighted by Crippen LogP contribution is 2.32. The lowest BCUT2D eigenvalue weighted by Gasteiger charge is -2.19. The molecule has 0 atom stereocenters. The first-order valence-corrected chi connectivity index (χ1v) is 13.8. The second-order valence-electron chi connectivity index (χ2n) is 8.24. The molecule has 1 aliphatic rings. The summed E-state index contributed by atoms with van der Waals surface area (Å²) in [6, 6.07) is 19.2. The topological polar surface area (TPSA) is 81.0 Å². The van der Waals surface area contributed by atoms with Crippen LogP contribution in [0.5, 0.6) is 5.75 Å². The molecular weight excluding hydrogens is 494 g/mol. The van der Waals surface area contributed by atoms with E-state index in [0.29, 0.717) is 42.2 Å². The van der Waals surface area contributed by atoms with Crippen LogP contribution >= 0.6 is 11.3 Å². The molecule has 0 N–H and O–H groups in total. The molecule has 184 valence electrons. The monoisotopic (exact) mass is 519 g/mol. The number of hydrogen-bond acceptors (Lipinski definition) is 5. The molecule has 1 aliphatic heterocycles. The van der Waals surface area contributed by atoms with Crippen molar-refractivity contribution in [3.63, 3.8) is 0 Å². The number of allylic oxidation sites excluding steroid dienone is 1. The Bertz CT molecular complexity index is 1630. The zero-order chi connectivity index (χ0) is 25.3. The number of sulfonamides is 1. The van der Waals surface area contributed by atoms with Crippen LogP contribution in [0.2, 0.25) is 0 Å². The number of amides is 1. The van der Waals surface area contributed by atoms with Crippen molar-refractivity contribution in [3.05, 3.63) is 95.3 Å². The highest BCUT2D eigenvalue weighted by molar-refractivity contribution is 7.92. The van der Waals surface area contributed by atoms with Crippen LogP contribution in [0.25, 0.3) is 10.2 Å². The zero-order valence-electron chi connectivity index (χ0n) is 19.8. The number of ether oxygens (including phenoxy) is 1. The van der Waals surface area contributed by atoms with E-state index in [1.807, 2.05) is 54.0 Å². The summed E-state index contributed by atoms with van der Waals surface area (Å²) >= 11 is 1.39. The molecule has 0 saturated heterocycles. The number of nitrogens with zero attached hydrogens (tertiary/aromatic N) is 3. The molecule has 1 aromatic heterocycles. The number of para-hydroxylation sites is 1. The van der Waals surface area contributed by atoms with Gasteiger partial charge in [-0.25, -0.2) is 8.42 Å². The van der Waals surface area contributed by atoms with E-state index in [0.717, 1.165) is 21.5 Å². The van der Waals surface area contributed by atoms with Gasteiger partial charge in [0.15, 0.2) is 4.80 Å². The number of fused-ring (bicyclic) bond motifs is 2. The van der Waals surface area contributed by atoms with Crippen molar-refractivity contribution < 1.29 is 17.9 Å². The van der Waals surface area contributed by atoms with E-state index in [1.165, 1.54) is 39.9 Å². The van der Waals surface area contributed by atoms with Crippen molar-refractivity contribution in [2.24, 2.45) is 4.99 Å². The van der Waals surface area contributed by atoms with Gasteiger partial charge in [-0.05, 0) is 67.4 Å². The molecule has 0 bridgehead atoms. The average Bonchev–Trinajstić information content (AvgIpc) is 3.46. The molecule has 0 spiro atoms. The molecule has 1 amide bonds. The first kappa shape index (κ1) is 24.0. The van der Waals surface area contributed by atoms with Gasteiger partial charge in [0.25, 0.3) is 15.9 Å². The Kier molecular flexibility index (Phi) is 6.51. The minimum atomic E-state index is -3.73. The Labute approximate surface area is 213 Å². The van der Waals surface area contributed by atoms with Crippen molar-refractivity contribution in [2.45, 2.75) is 24.8 Å². The van der Waals surface area contributed by atoms with Gasteiger partial charge in [0.1, 0.15) is 5.75 Å². The van der Waals surface area contributed by atoms with Crippen molar-refractivity contribution >= 4 is 43.2 Å². The zero-order valence-corrected chi connectivity index (χ0v) is 21.4. The quantitative estimate of drug-likeness (QED) is 0.329. The average molecular weight is 520 g/mol. The van der Waals surface area contributed by atoms with Gasteiger partial charge < -0.3 is 9.30 Å². The van der Waals surface area contributed by atoms with Gasteiger partial charge in [-0.15, -0.1) is 6.58 Å². The summed E-state index contributed by atoms with van der Waals surface area (Å²) in [5, 5.41) is 0. The second-order valence-corrected chi connectivity index (χ2v) is 11.1. The van der Waals surface area contributed by atoms with E-state index in [1.54, 1.807) is 6.08 Å². The Hall–Kier alpha value is -3.69. The summed E-state index contributed by atoms with van der Waals surface area (Å²) in [5.41, 5.74) is 2.96. The number of aromatic nitrogens is 1. The maximum absolute atomic E-state index is 13.3. The smallest absolute Gasteiger partial charge is 0.279 e. The molecule has 0 aliphatic carbocycles. The molecule has 0 unspecified atom stereocenters. The van der Waals surface area contributed by atoms with Gasteiger partial charge in [-0.2, -0.15) is 4.99 Å². The van der Waals surface area contributed by atoms with Gasteiger partial charge in [0, 0.05) is 18.7 Å². The van der Waals surface area contributed by atoms with Crippen molar-refractivity contribution in [2.75, 3.05) is 17.5 Å². The third-order valence-corrected chi connectivity index (χ3v) is 8.88. The summed E-state index contributed by atoms with van der Waals surface area (Å²) in [5.74, 6) is 0.312. The van der Waals surface area contributed by atoms with Crippen LogP contribution < -0.4 is 13.8 Å². The van der Waals surface area contributed by atoms with Crippen molar-refractivity contribution in [1.29, 1.82) is 0 Å². The predicted octanol–water partition coefficient (Wildman–Crippen LogP) is 4.78. The van der Waals surface area contributed by atoms with Gasteiger partial charge in [0.05, 0.1) is 27.4 Å². The van der Waals surface area contributed by atoms with Crippen LogP contribution in [0.3, 0.4) is 0 Å². The highest BCUT2D eigenvalue weighted by Gasteiger charge is 2.30. The summed E-state index contributed by atoms with van der Waals surface area (Å²) in [6.45, 7) is 7.21. The van der Waals surface area contributed by atoms with Gasteiger partial charge in [0.2, 0.25) is 0 Å². The molecule has 4 aromatic rings. The van der Waals surface area contributed by atoms with Gasteiger partial charge >= 0.3 is 0 Å². The standard InChI is InChI=1S/C27H25N3O4S2/c1-3-16-29-24-14-11-21(34-4-2)18-25(24)35-27(29)28-26(31)20-9-12-22(13-10-20)36(32,33)30-17-15-19-7-5-6-8-23(19)30/h3,5-14,18H,1,4,15-17H2,2H3. The maximum atomic E-state index is 13.3. The summed E-state index contributed by atoms with van der Waals surface area (Å²) < 4.78 is 36.4. The lowest BCUT2D eigenvalue weighted by Crippen LogP contribution is -2.29. The lowest BCUT2D eigenvalue weighted by atomic mass is 10.2. The molecule has 5 rings (SSSR count). The van der Waals surface area contributed by atoms with Crippen molar-refractivity contribution in [3.8, 4) is 5.75 Å². The van der Waals surface area contributed by atoms with Gasteiger partial charge in [-0.1, -0.05) is 35.6 Å². The number of thiazole rings is 1. The SMILES string of the molecule is C=CCn1c(=NC(=O)c2ccc(S(=O)(=O)N3CCc4ccccc43)cc2)sc2cc(OCC)ccc21. The Balaban J connectivity index is 1.45. The predicted molar refractivity (Wildman–Crippen MR) is 142 cm³/mol. The van der Waals surface area contributed by atoms with Crippen LogP contribution in [-0.4, -0.2) is 32.0 Å². The molecule has 2 heterocycles. The number of carbonyl (C=O) groups excluding carboxylic acids is 1. The molecule has 36 heavy (non-hydrogen) atoms. The van der Waals surface area contributed by atoms with Crippen molar-refractivity contribution in [1.82, 2.24) is 4.57 Å². The number of rotatable bonds is 7. The maximum Gasteiger partial charge on any atom is 0.279 e. The van der Waals surface area contributed by atoms with Crippen LogP contribution in [0.4, 0.5) is 5.69 Å². The van der Waals surface area contributed by atoms with Crippen LogP contribution in [-0.2, 0) is 23.0 Å². The third-order valence-electron chi connectivity index (χ3n) is 6.01. The number of anilines is 1. The molecular formula is C27H25N3O4S2. The number of hydrogen-bond donors (Lipinski definition) is 0. The van der Waals surface area contributed by atoms with Crippen LogP contribution in [0.1, 0.15) is 22.8 Å². The summed E-state index contributed by atoms with van der Waals surface area (Å²) in [7, 11) is -3.73. The molecule has 9 heteroatoms. The molecule has 0 fully saturated rings. The largest absolute Gasteiger partial charge is 0.494 e. The first-order valence-electron chi connectivity index (χ1n) is 11.6. The normalized spacial score (nSPS) is 13.7. The Morgan fingerprint density at radius 1 is 1.14 bits per heavy atom. The summed E-state index contributed by atoms with van der Waals surface area (Å²) in [4.78, 5) is 18.0. The fraction of sp³-hybridized carbons (Fsp3) is 0.185. The minimum Gasteiger partial charge on any atom is -0.494 e. The van der Waals surface area contributed by atoms with E-state index in [9.17, 15) is 13.2 Å². The fourth-order valence-corrected chi connectivity index (χ4v) is 6.88. The van der Waals surface area contributed by atoms with E-state index in [-0.39, 0.29) is 4.90 Å².